The van der Waals surface area contributed by atoms with E-state index < -0.39 is 0 Å². The highest BCUT2D eigenvalue weighted by atomic mass is 15.3. The predicted octanol–water partition coefficient (Wildman–Crippen LogP) is 2.64. The lowest BCUT2D eigenvalue weighted by Gasteiger charge is -2.24. The SMILES string of the molecule is Cc1ccn2nc(NCCC3CCC3)nc2c1. The maximum Gasteiger partial charge on any atom is 0.243 e. The Morgan fingerprint density at radius 2 is 2.35 bits per heavy atom. The predicted molar refractivity (Wildman–Crippen MR) is 68.2 cm³/mol. The lowest BCUT2D eigenvalue weighted by molar-refractivity contribution is 0.303. The number of aryl methyl sites for hydroxylation is 1. The number of nitrogens with one attached hydrogen (secondary N) is 1. The van der Waals surface area contributed by atoms with Crippen LogP contribution in [0.2, 0.25) is 0 Å². The van der Waals surface area contributed by atoms with Gasteiger partial charge in [0, 0.05) is 12.7 Å². The number of aromatic nitrogens is 3. The maximum atomic E-state index is 4.45. The van der Waals surface area contributed by atoms with Gasteiger partial charge >= 0.3 is 0 Å². The molecule has 4 nitrogen and oxygen atoms in total. The molecule has 1 aliphatic carbocycles. The van der Waals surface area contributed by atoms with E-state index in [1.54, 1.807) is 0 Å². The number of nitrogens with zero attached hydrogens (tertiary/aromatic N) is 3. The summed E-state index contributed by atoms with van der Waals surface area (Å²) < 4.78 is 1.82. The first-order valence-corrected chi connectivity index (χ1v) is 6.38. The van der Waals surface area contributed by atoms with Gasteiger partial charge < -0.3 is 5.32 Å². The van der Waals surface area contributed by atoms with E-state index in [0.717, 1.165) is 24.1 Å². The van der Waals surface area contributed by atoms with E-state index in [2.05, 4.69) is 22.3 Å². The molecule has 3 rings (SSSR count). The minimum Gasteiger partial charge on any atom is -0.353 e. The summed E-state index contributed by atoms with van der Waals surface area (Å²) in [4.78, 5) is 4.45. The zero-order chi connectivity index (χ0) is 11.7. The molecule has 0 bridgehead atoms. The fourth-order valence-electron chi connectivity index (χ4n) is 2.23. The summed E-state index contributed by atoms with van der Waals surface area (Å²) in [6, 6.07) is 4.09. The average Bonchev–Trinajstić information content (AvgIpc) is 2.63. The van der Waals surface area contributed by atoms with Crippen LogP contribution in [0.15, 0.2) is 18.3 Å². The van der Waals surface area contributed by atoms with Crippen LogP contribution >= 0.6 is 0 Å². The Hall–Kier alpha value is -1.58. The molecule has 90 valence electrons. The minimum atomic E-state index is 0.745. The fourth-order valence-corrected chi connectivity index (χ4v) is 2.23. The summed E-state index contributed by atoms with van der Waals surface area (Å²) in [7, 11) is 0. The number of fused-ring (bicyclic) bond motifs is 1. The fraction of sp³-hybridized carbons (Fsp3) is 0.538. The van der Waals surface area contributed by atoms with Gasteiger partial charge in [-0.3, -0.25) is 0 Å². The van der Waals surface area contributed by atoms with E-state index in [1.807, 2.05) is 22.8 Å². The largest absolute Gasteiger partial charge is 0.353 e. The van der Waals surface area contributed by atoms with Crippen LogP contribution in [-0.4, -0.2) is 21.1 Å². The van der Waals surface area contributed by atoms with Gasteiger partial charge in [0.1, 0.15) is 0 Å². The summed E-state index contributed by atoms with van der Waals surface area (Å²) in [6.07, 6.45) is 7.42. The van der Waals surface area contributed by atoms with E-state index in [9.17, 15) is 0 Å². The van der Waals surface area contributed by atoms with Gasteiger partial charge in [0.25, 0.3) is 0 Å². The number of hydrogen-bond acceptors (Lipinski definition) is 3. The molecule has 0 aromatic carbocycles. The van der Waals surface area contributed by atoms with Gasteiger partial charge in [-0.15, -0.1) is 5.10 Å². The average molecular weight is 230 g/mol. The molecule has 2 heterocycles. The van der Waals surface area contributed by atoms with Crippen molar-refractivity contribution in [3.05, 3.63) is 23.9 Å². The first kappa shape index (κ1) is 10.6. The molecule has 0 unspecified atom stereocenters. The van der Waals surface area contributed by atoms with Crippen LogP contribution in [0.25, 0.3) is 5.65 Å². The molecule has 17 heavy (non-hydrogen) atoms. The summed E-state index contributed by atoms with van der Waals surface area (Å²) in [5.74, 6) is 1.68. The Balaban J connectivity index is 1.64. The summed E-state index contributed by atoms with van der Waals surface area (Å²) >= 11 is 0. The quantitative estimate of drug-likeness (QED) is 0.878. The van der Waals surface area contributed by atoms with Gasteiger partial charge in [0.05, 0.1) is 0 Å². The zero-order valence-corrected chi connectivity index (χ0v) is 10.2. The van der Waals surface area contributed by atoms with E-state index in [0.29, 0.717) is 0 Å². The van der Waals surface area contributed by atoms with E-state index in [-0.39, 0.29) is 0 Å². The molecule has 4 heteroatoms. The molecule has 0 saturated heterocycles. The molecular weight excluding hydrogens is 212 g/mol. The van der Waals surface area contributed by atoms with Crippen LogP contribution in [0.5, 0.6) is 0 Å². The van der Waals surface area contributed by atoms with Crippen molar-refractivity contribution in [3.63, 3.8) is 0 Å². The summed E-state index contributed by atoms with van der Waals surface area (Å²) in [6.45, 7) is 3.05. The van der Waals surface area contributed by atoms with Crippen LogP contribution in [0, 0.1) is 12.8 Å². The molecule has 1 aliphatic rings. The highest BCUT2D eigenvalue weighted by Gasteiger charge is 2.16. The van der Waals surface area contributed by atoms with E-state index >= 15 is 0 Å². The second kappa shape index (κ2) is 4.35. The Bertz CT molecular complexity index is 513. The molecule has 0 radical (unpaired) electrons. The maximum absolute atomic E-state index is 4.45. The van der Waals surface area contributed by atoms with Crippen molar-refractivity contribution in [2.24, 2.45) is 5.92 Å². The van der Waals surface area contributed by atoms with Gasteiger partial charge in [0.2, 0.25) is 5.95 Å². The standard InChI is InChI=1S/C13H18N4/c1-10-6-8-17-12(9-10)15-13(16-17)14-7-5-11-3-2-4-11/h6,8-9,11H,2-5,7H2,1H3,(H,14,16). The molecule has 1 saturated carbocycles. The normalized spacial score (nSPS) is 16.1. The van der Waals surface area contributed by atoms with Crippen molar-refractivity contribution in [2.75, 3.05) is 11.9 Å². The van der Waals surface area contributed by atoms with Gasteiger partial charge in [-0.05, 0) is 37.0 Å². The second-order valence-electron chi connectivity index (χ2n) is 4.95. The zero-order valence-electron chi connectivity index (χ0n) is 10.2. The molecule has 2 aromatic heterocycles. The first-order valence-electron chi connectivity index (χ1n) is 6.38. The molecular formula is C13H18N4. The highest BCUT2D eigenvalue weighted by Crippen LogP contribution is 2.28. The number of pyridine rings is 1. The second-order valence-corrected chi connectivity index (χ2v) is 4.95. The van der Waals surface area contributed by atoms with Crippen LogP contribution in [0.3, 0.4) is 0 Å². The van der Waals surface area contributed by atoms with E-state index in [1.165, 1.54) is 31.2 Å². The lowest BCUT2D eigenvalue weighted by atomic mass is 9.83. The topological polar surface area (TPSA) is 42.2 Å². The third kappa shape index (κ3) is 2.25. The monoisotopic (exact) mass is 230 g/mol. The molecule has 0 aliphatic heterocycles. The summed E-state index contributed by atoms with van der Waals surface area (Å²) in [5, 5.41) is 7.70. The van der Waals surface area contributed by atoms with Crippen molar-refractivity contribution in [1.29, 1.82) is 0 Å². The van der Waals surface area contributed by atoms with Gasteiger partial charge in [-0.2, -0.15) is 4.98 Å². The van der Waals surface area contributed by atoms with Crippen molar-refractivity contribution in [3.8, 4) is 0 Å². The molecule has 0 spiro atoms. The van der Waals surface area contributed by atoms with Gasteiger partial charge in [-0.1, -0.05) is 19.3 Å². The smallest absolute Gasteiger partial charge is 0.243 e. The number of rotatable bonds is 4. The van der Waals surface area contributed by atoms with Crippen molar-refractivity contribution in [2.45, 2.75) is 32.6 Å². The lowest BCUT2D eigenvalue weighted by Crippen LogP contribution is -2.15. The van der Waals surface area contributed by atoms with Crippen molar-refractivity contribution < 1.29 is 0 Å². The number of anilines is 1. The summed E-state index contributed by atoms with van der Waals surface area (Å²) in [5.41, 5.74) is 2.13. The Morgan fingerprint density at radius 3 is 3.12 bits per heavy atom. The molecule has 2 aromatic rings. The first-order chi connectivity index (χ1) is 8.31. The molecule has 1 fully saturated rings. The highest BCUT2D eigenvalue weighted by molar-refractivity contribution is 5.45. The third-order valence-corrected chi connectivity index (χ3v) is 3.55. The molecule has 0 amide bonds. The van der Waals surface area contributed by atoms with Crippen LogP contribution in [0.1, 0.15) is 31.2 Å². The Labute approximate surface area is 101 Å². The molecule has 1 N–H and O–H groups in total. The van der Waals surface area contributed by atoms with Crippen LogP contribution in [-0.2, 0) is 0 Å². The number of hydrogen-bond donors (Lipinski definition) is 1. The van der Waals surface area contributed by atoms with Gasteiger partial charge in [-0.25, -0.2) is 4.52 Å². The third-order valence-electron chi connectivity index (χ3n) is 3.55. The van der Waals surface area contributed by atoms with Crippen LogP contribution < -0.4 is 5.32 Å². The Morgan fingerprint density at radius 1 is 1.47 bits per heavy atom. The molecule has 0 atom stereocenters. The van der Waals surface area contributed by atoms with Crippen LogP contribution in [0.4, 0.5) is 5.95 Å². The van der Waals surface area contributed by atoms with Crippen molar-refractivity contribution >= 4 is 11.6 Å². The Kier molecular flexibility index (Phi) is 2.71. The van der Waals surface area contributed by atoms with Gasteiger partial charge in [0.15, 0.2) is 5.65 Å². The minimum absolute atomic E-state index is 0.745. The van der Waals surface area contributed by atoms with E-state index in [4.69, 9.17) is 0 Å². The van der Waals surface area contributed by atoms with Crippen molar-refractivity contribution in [1.82, 2.24) is 14.6 Å².